The second-order valence-corrected chi connectivity index (χ2v) is 6.34. The van der Waals surface area contributed by atoms with Gasteiger partial charge >= 0.3 is 0 Å². The first-order valence-corrected chi connectivity index (χ1v) is 7.71. The lowest BCUT2D eigenvalue weighted by Crippen LogP contribution is -2.31. The van der Waals surface area contributed by atoms with Crippen molar-refractivity contribution >= 4 is 31.6 Å². The van der Waals surface area contributed by atoms with Gasteiger partial charge in [0.15, 0.2) is 0 Å². The van der Waals surface area contributed by atoms with Crippen molar-refractivity contribution in [3.63, 3.8) is 0 Å². The highest BCUT2D eigenvalue weighted by Gasteiger charge is 2.21. The van der Waals surface area contributed by atoms with E-state index in [4.69, 9.17) is 4.74 Å². The third-order valence-electron chi connectivity index (χ3n) is 2.09. The molecule has 0 saturated heterocycles. The molecule has 5 nitrogen and oxygen atoms in total. The van der Waals surface area contributed by atoms with Crippen molar-refractivity contribution in [3.05, 3.63) is 16.7 Å². The summed E-state index contributed by atoms with van der Waals surface area (Å²) in [5.74, 6) is 0.298. The van der Waals surface area contributed by atoms with Crippen LogP contribution in [0.1, 0.15) is 13.3 Å². The molecule has 0 fully saturated rings. The molecule has 1 aromatic heterocycles. The van der Waals surface area contributed by atoms with Gasteiger partial charge in [0.1, 0.15) is 5.69 Å². The monoisotopic (exact) mass is 322 g/mol. The van der Waals surface area contributed by atoms with E-state index in [1.54, 1.807) is 12.3 Å². The van der Waals surface area contributed by atoms with E-state index in [0.717, 1.165) is 0 Å². The minimum Gasteiger partial charge on any atom is -0.479 e. The molecule has 1 aromatic rings. The van der Waals surface area contributed by atoms with E-state index < -0.39 is 10.0 Å². The van der Waals surface area contributed by atoms with Gasteiger partial charge in [0.2, 0.25) is 15.9 Å². The Kier molecular flexibility index (Phi) is 4.76. The van der Waals surface area contributed by atoms with E-state index in [0.29, 0.717) is 29.0 Å². The SMILES string of the molecule is CCCN(c1cc(Br)cnc1OC)S(C)(=O)=O. The van der Waals surface area contributed by atoms with Crippen LogP contribution < -0.4 is 9.04 Å². The number of hydrogen-bond acceptors (Lipinski definition) is 4. The lowest BCUT2D eigenvalue weighted by Gasteiger charge is -2.23. The van der Waals surface area contributed by atoms with E-state index >= 15 is 0 Å². The summed E-state index contributed by atoms with van der Waals surface area (Å²) in [5, 5.41) is 0. The van der Waals surface area contributed by atoms with Crippen LogP contribution in [0.4, 0.5) is 5.69 Å². The average Bonchev–Trinajstić information content (AvgIpc) is 2.24. The molecule has 0 atom stereocenters. The lowest BCUT2D eigenvalue weighted by atomic mass is 10.4. The molecule has 96 valence electrons. The smallest absolute Gasteiger partial charge is 0.238 e. The maximum Gasteiger partial charge on any atom is 0.238 e. The molecule has 0 aliphatic heterocycles. The van der Waals surface area contributed by atoms with Crippen LogP contribution in [0.2, 0.25) is 0 Å². The number of aromatic nitrogens is 1. The molecular formula is C10H15BrN2O3S. The number of rotatable bonds is 5. The van der Waals surface area contributed by atoms with E-state index in [1.807, 2.05) is 6.92 Å². The van der Waals surface area contributed by atoms with Gasteiger partial charge in [-0.15, -0.1) is 0 Å². The predicted molar refractivity (Wildman–Crippen MR) is 71.0 cm³/mol. The number of nitrogens with zero attached hydrogens (tertiary/aromatic N) is 2. The van der Waals surface area contributed by atoms with Gasteiger partial charge in [-0.25, -0.2) is 13.4 Å². The summed E-state index contributed by atoms with van der Waals surface area (Å²) in [4.78, 5) is 4.04. The Morgan fingerprint density at radius 1 is 1.53 bits per heavy atom. The van der Waals surface area contributed by atoms with Crippen LogP contribution in [0.25, 0.3) is 0 Å². The fraction of sp³-hybridized carbons (Fsp3) is 0.500. The molecule has 1 heterocycles. The Bertz CT molecular complexity index is 490. The third kappa shape index (κ3) is 3.57. The summed E-state index contributed by atoms with van der Waals surface area (Å²) >= 11 is 3.27. The van der Waals surface area contributed by atoms with Crippen molar-refractivity contribution in [2.45, 2.75) is 13.3 Å². The van der Waals surface area contributed by atoms with E-state index in [2.05, 4.69) is 20.9 Å². The van der Waals surface area contributed by atoms with Crippen molar-refractivity contribution in [3.8, 4) is 5.88 Å². The molecule has 17 heavy (non-hydrogen) atoms. The second-order valence-electron chi connectivity index (χ2n) is 3.52. The number of ether oxygens (including phenoxy) is 1. The Morgan fingerprint density at radius 2 is 2.18 bits per heavy atom. The van der Waals surface area contributed by atoms with Crippen LogP contribution in [-0.4, -0.2) is 33.3 Å². The van der Waals surface area contributed by atoms with Gasteiger partial charge in [0.25, 0.3) is 0 Å². The molecule has 0 radical (unpaired) electrons. The zero-order valence-electron chi connectivity index (χ0n) is 9.97. The highest BCUT2D eigenvalue weighted by Crippen LogP contribution is 2.30. The Balaban J connectivity index is 3.31. The molecule has 0 saturated carbocycles. The van der Waals surface area contributed by atoms with Crippen LogP contribution >= 0.6 is 15.9 Å². The van der Waals surface area contributed by atoms with Gasteiger partial charge in [-0.2, -0.15) is 0 Å². The first-order chi connectivity index (χ1) is 7.90. The zero-order valence-corrected chi connectivity index (χ0v) is 12.4. The van der Waals surface area contributed by atoms with Crippen molar-refractivity contribution in [1.82, 2.24) is 4.98 Å². The maximum atomic E-state index is 11.7. The highest BCUT2D eigenvalue weighted by atomic mass is 79.9. The molecule has 0 aliphatic rings. The van der Waals surface area contributed by atoms with Gasteiger partial charge in [0, 0.05) is 17.2 Å². The van der Waals surface area contributed by atoms with Crippen LogP contribution in [-0.2, 0) is 10.0 Å². The third-order valence-corrected chi connectivity index (χ3v) is 3.70. The topological polar surface area (TPSA) is 59.5 Å². The lowest BCUT2D eigenvalue weighted by molar-refractivity contribution is 0.398. The van der Waals surface area contributed by atoms with E-state index in [-0.39, 0.29) is 0 Å². The molecule has 1 rings (SSSR count). The van der Waals surface area contributed by atoms with Gasteiger partial charge in [-0.3, -0.25) is 4.31 Å². The van der Waals surface area contributed by atoms with Crippen molar-refractivity contribution in [1.29, 1.82) is 0 Å². The minimum absolute atomic E-state index is 0.298. The maximum absolute atomic E-state index is 11.7. The molecule has 0 aliphatic carbocycles. The second kappa shape index (κ2) is 5.68. The largest absolute Gasteiger partial charge is 0.479 e. The first kappa shape index (κ1) is 14.2. The number of anilines is 1. The molecule has 0 N–H and O–H groups in total. The molecule has 0 unspecified atom stereocenters. The molecular weight excluding hydrogens is 308 g/mol. The first-order valence-electron chi connectivity index (χ1n) is 5.07. The van der Waals surface area contributed by atoms with Gasteiger partial charge in [0.05, 0.1) is 13.4 Å². The molecule has 7 heteroatoms. The quantitative estimate of drug-likeness (QED) is 0.832. The fourth-order valence-corrected chi connectivity index (χ4v) is 2.74. The summed E-state index contributed by atoms with van der Waals surface area (Å²) in [6, 6.07) is 1.68. The molecule has 0 amide bonds. The summed E-state index contributed by atoms with van der Waals surface area (Å²) < 4.78 is 30.5. The van der Waals surface area contributed by atoms with Crippen molar-refractivity contribution in [2.75, 3.05) is 24.2 Å². The number of sulfonamides is 1. The van der Waals surface area contributed by atoms with Gasteiger partial charge < -0.3 is 4.74 Å². The molecule has 0 bridgehead atoms. The summed E-state index contributed by atoms with van der Waals surface area (Å²) in [5.41, 5.74) is 0.450. The van der Waals surface area contributed by atoms with E-state index in [1.165, 1.54) is 17.7 Å². The van der Waals surface area contributed by atoms with Gasteiger partial charge in [-0.05, 0) is 28.4 Å². The van der Waals surface area contributed by atoms with Crippen molar-refractivity contribution in [2.24, 2.45) is 0 Å². The summed E-state index contributed by atoms with van der Waals surface area (Å²) in [6.45, 7) is 2.31. The predicted octanol–water partition coefficient (Wildman–Crippen LogP) is 2.03. The average molecular weight is 323 g/mol. The summed E-state index contributed by atoms with van der Waals surface area (Å²) in [7, 11) is -1.87. The van der Waals surface area contributed by atoms with Crippen LogP contribution in [0.15, 0.2) is 16.7 Å². The fourth-order valence-electron chi connectivity index (χ4n) is 1.42. The van der Waals surface area contributed by atoms with E-state index in [9.17, 15) is 8.42 Å². The normalized spacial score (nSPS) is 11.3. The van der Waals surface area contributed by atoms with Crippen LogP contribution in [0.3, 0.4) is 0 Å². The zero-order chi connectivity index (χ0) is 13.1. The van der Waals surface area contributed by atoms with Crippen LogP contribution in [0.5, 0.6) is 5.88 Å². The highest BCUT2D eigenvalue weighted by molar-refractivity contribution is 9.10. The Labute approximate surface area is 110 Å². The number of halogens is 1. The standard InChI is InChI=1S/C10H15BrN2O3S/c1-4-5-13(17(3,14)15)9-6-8(11)7-12-10(9)16-2/h6-7H,4-5H2,1-3H3. The van der Waals surface area contributed by atoms with Gasteiger partial charge in [-0.1, -0.05) is 6.92 Å². The van der Waals surface area contributed by atoms with Crippen molar-refractivity contribution < 1.29 is 13.2 Å². The Morgan fingerprint density at radius 3 is 2.65 bits per heavy atom. The minimum atomic E-state index is -3.34. The summed E-state index contributed by atoms with van der Waals surface area (Å²) in [6.07, 6.45) is 3.44. The van der Waals surface area contributed by atoms with Crippen LogP contribution in [0, 0.1) is 0 Å². The number of methoxy groups -OCH3 is 1. The Hall–Kier alpha value is -0.820. The molecule has 0 spiro atoms. The molecule has 0 aromatic carbocycles. The number of hydrogen-bond donors (Lipinski definition) is 0. The number of pyridine rings is 1.